The fraction of sp³-hybridized carbons (Fsp3) is 0.417. The smallest absolute Gasteiger partial charge is 0.321 e. The number of aliphatic hydroxyl groups excluding tert-OH is 1. The first kappa shape index (κ1) is 12.3. The van der Waals surface area contributed by atoms with Crippen molar-refractivity contribution in [2.24, 2.45) is 0 Å². The van der Waals surface area contributed by atoms with Gasteiger partial charge in [0, 0.05) is 5.92 Å². The maximum absolute atomic E-state index is 11.5. The van der Waals surface area contributed by atoms with Crippen LogP contribution in [0.4, 0.5) is 10.6 Å². The monoisotopic (exact) mass is 246 g/mol. The maximum Gasteiger partial charge on any atom is 0.321 e. The summed E-state index contributed by atoms with van der Waals surface area (Å²) < 4.78 is 0. The van der Waals surface area contributed by atoms with Crippen LogP contribution < -0.4 is 10.6 Å². The lowest BCUT2D eigenvalue weighted by Crippen LogP contribution is -2.39. The number of anilines is 1. The quantitative estimate of drug-likeness (QED) is 0.674. The number of carbonyl (C=O) groups excluding carboxylic acids is 1. The average Bonchev–Trinajstić information content (AvgIpc) is 3.21. The van der Waals surface area contributed by atoms with E-state index in [-0.39, 0.29) is 6.61 Å². The predicted molar refractivity (Wildman–Crippen MR) is 65.9 cm³/mol. The fourth-order valence-electron chi connectivity index (χ4n) is 1.46. The SMILES string of the molecule is C#CC(CO)NC(=O)Nc1ccc(C2CC2)nn1. The Labute approximate surface area is 105 Å². The normalized spacial score (nSPS) is 15.6. The van der Waals surface area contributed by atoms with Gasteiger partial charge < -0.3 is 10.4 Å². The first-order chi connectivity index (χ1) is 8.72. The number of aliphatic hydroxyl groups is 1. The molecule has 6 heteroatoms. The number of amides is 2. The van der Waals surface area contributed by atoms with Gasteiger partial charge in [0.25, 0.3) is 0 Å². The molecule has 6 nitrogen and oxygen atoms in total. The highest BCUT2D eigenvalue weighted by Gasteiger charge is 2.25. The molecule has 0 radical (unpaired) electrons. The first-order valence-electron chi connectivity index (χ1n) is 5.71. The summed E-state index contributed by atoms with van der Waals surface area (Å²) >= 11 is 0. The zero-order valence-corrected chi connectivity index (χ0v) is 9.76. The molecule has 18 heavy (non-hydrogen) atoms. The molecule has 0 aromatic carbocycles. The van der Waals surface area contributed by atoms with Crippen LogP contribution in [0.25, 0.3) is 0 Å². The minimum absolute atomic E-state index is 0.309. The number of nitrogens with one attached hydrogen (secondary N) is 2. The van der Waals surface area contributed by atoms with Gasteiger partial charge in [-0.3, -0.25) is 5.32 Å². The third-order valence-corrected chi connectivity index (χ3v) is 2.61. The van der Waals surface area contributed by atoms with Gasteiger partial charge in [0.05, 0.1) is 12.3 Å². The van der Waals surface area contributed by atoms with Gasteiger partial charge in [0.15, 0.2) is 5.82 Å². The number of terminal acetylenes is 1. The zero-order valence-electron chi connectivity index (χ0n) is 9.76. The Balaban J connectivity index is 1.88. The van der Waals surface area contributed by atoms with Gasteiger partial charge in [-0.1, -0.05) is 5.92 Å². The summed E-state index contributed by atoms with van der Waals surface area (Å²) in [6, 6.07) is 2.33. The van der Waals surface area contributed by atoms with Crippen LogP contribution in [0.2, 0.25) is 0 Å². The summed E-state index contributed by atoms with van der Waals surface area (Å²) in [4.78, 5) is 11.5. The summed E-state index contributed by atoms with van der Waals surface area (Å²) in [6.07, 6.45) is 7.41. The molecule has 1 saturated carbocycles. The van der Waals surface area contributed by atoms with Crippen LogP contribution in [-0.4, -0.2) is 34.0 Å². The number of aromatic nitrogens is 2. The lowest BCUT2D eigenvalue weighted by atomic mass is 10.3. The minimum atomic E-state index is -0.705. The number of hydrogen-bond donors (Lipinski definition) is 3. The third-order valence-electron chi connectivity index (χ3n) is 2.61. The Morgan fingerprint density at radius 2 is 2.33 bits per heavy atom. The van der Waals surface area contributed by atoms with Gasteiger partial charge in [-0.05, 0) is 25.0 Å². The molecule has 1 atom stereocenters. The molecular formula is C12H14N4O2. The zero-order chi connectivity index (χ0) is 13.0. The Hall–Kier alpha value is -2.13. The van der Waals surface area contributed by atoms with Crippen molar-refractivity contribution in [3.63, 3.8) is 0 Å². The molecule has 2 rings (SSSR count). The largest absolute Gasteiger partial charge is 0.393 e. The topological polar surface area (TPSA) is 87.1 Å². The van der Waals surface area contributed by atoms with Gasteiger partial charge in [0.2, 0.25) is 0 Å². The molecule has 1 aromatic heterocycles. The van der Waals surface area contributed by atoms with Crippen molar-refractivity contribution in [2.45, 2.75) is 24.8 Å². The van der Waals surface area contributed by atoms with Crippen molar-refractivity contribution in [3.8, 4) is 12.3 Å². The Bertz CT molecular complexity index is 462. The van der Waals surface area contributed by atoms with Gasteiger partial charge >= 0.3 is 6.03 Å². The van der Waals surface area contributed by atoms with Crippen LogP contribution in [0.15, 0.2) is 12.1 Å². The molecule has 0 spiro atoms. The molecular weight excluding hydrogens is 232 g/mol. The van der Waals surface area contributed by atoms with Crippen LogP contribution in [0.3, 0.4) is 0 Å². The summed E-state index contributed by atoms with van der Waals surface area (Å²) in [6.45, 7) is -0.309. The first-order valence-corrected chi connectivity index (χ1v) is 5.71. The summed E-state index contributed by atoms with van der Waals surface area (Å²) in [7, 11) is 0. The Kier molecular flexibility index (Phi) is 3.75. The molecule has 1 heterocycles. The second kappa shape index (κ2) is 5.47. The Morgan fingerprint density at radius 3 is 2.83 bits per heavy atom. The molecule has 3 N–H and O–H groups in total. The standard InChI is InChI=1S/C12H14N4O2/c1-2-9(7-17)13-12(18)14-11-6-5-10(15-16-11)8-3-4-8/h1,5-6,8-9,17H,3-4,7H2,(H2,13,14,16,18). The van der Waals surface area contributed by atoms with E-state index in [1.54, 1.807) is 6.07 Å². The second-order valence-corrected chi connectivity index (χ2v) is 4.12. The molecule has 1 aliphatic rings. The number of urea groups is 1. The van der Waals surface area contributed by atoms with E-state index < -0.39 is 12.1 Å². The van der Waals surface area contributed by atoms with Crippen molar-refractivity contribution in [3.05, 3.63) is 17.8 Å². The molecule has 1 fully saturated rings. The Morgan fingerprint density at radius 1 is 1.56 bits per heavy atom. The fourth-order valence-corrected chi connectivity index (χ4v) is 1.46. The molecule has 1 aromatic rings. The van der Waals surface area contributed by atoms with E-state index in [4.69, 9.17) is 11.5 Å². The number of carbonyl (C=O) groups is 1. The van der Waals surface area contributed by atoms with Crippen molar-refractivity contribution >= 4 is 11.8 Å². The highest BCUT2D eigenvalue weighted by Crippen LogP contribution is 2.38. The lowest BCUT2D eigenvalue weighted by Gasteiger charge is -2.10. The number of hydrogen-bond acceptors (Lipinski definition) is 4. The van der Waals surface area contributed by atoms with Crippen molar-refractivity contribution in [1.82, 2.24) is 15.5 Å². The van der Waals surface area contributed by atoms with Crippen LogP contribution in [0.1, 0.15) is 24.5 Å². The molecule has 0 aliphatic heterocycles. The van der Waals surface area contributed by atoms with Crippen LogP contribution in [0.5, 0.6) is 0 Å². The predicted octanol–water partition coefficient (Wildman–Crippen LogP) is 0.470. The highest BCUT2D eigenvalue weighted by molar-refractivity contribution is 5.88. The highest BCUT2D eigenvalue weighted by atomic mass is 16.3. The summed E-state index contributed by atoms with van der Waals surface area (Å²) in [5.41, 5.74) is 0.956. The van der Waals surface area contributed by atoms with E-state index in [0.717, 1.165) is 18.5 Å². The third kappa shape index (κ3) is 3.18. The van der Waals surface area contributed by atoms with Gasteiger partial charge in [-0.2, -0.15) is 5.10 Å². The van der Waals surface area contributed by atoms with Crippen molar-refractivity contribution in [1.29, 1.82) is 0 Å². The molecule has 0 bridgehead atoms. The van der Waals surface area contributed by atoms with Crippen LogP contribution >= 0.6 is 0 Å². The summed E-state index contributed by atoms with van der Waals surface area (Å²) in [5, 5.41) is 21.7. The van der Waals surface area contributed by atoms with E-state index in [1.807, 2.05) is 6.07 Å². The van der Waals surface area contributed by atoms with E-state index in [1.165, 1.54) is 0 Å². The molecule has 0 saturated heterocycles. The molecule has 1 aliphatic carbocycles. The number of rotatable bonds is 4. The van der Waals surface area contributed by atoms with Crippen LogP contribution in [0, 0.1) is 12.3 Å². The maximum atomic E-state index is 11.5. The number of nitrogens with zero attached hydrogens (tertiary/aromatic N) is 2. The molecule has 94 valence electrons. The lowest BCUT2D eigenvalue weighted by molar-refractivity contribution is 0.237. The van der Waals surface area contributed by atoms with Gasteiger partial charge in [-0.25, -0.2) is 4.79 Å². The van der Waals surface area contributed by atoms with Crippen LogP contribution in [-0.2, 0) is 0 Å². The van der Waals surface area contributed by atoms with E-state index in [0.29, 0.717) is 11.7 Å². The van der Waals surface area contributed by atoms with E-state index in [2.05, 4.69) is 26.8 Å². The van der Waals surface area contributed by atoms with E-state index >= 15 is 0 Å². The average molecular weight is 246 g/mol. The van der Waals surface area contributed by atoms with Crippen molar-refractivity contribution in [2.75, 3.05) is 11.9 Å². The van der Waals surface area contributed by atoms with Gasteiger partial charge in [0.1, 0.15) is 6.04 Å². The van der Waals surface area contributed by atoms with E-state index in [9.17, 15) is 4.79 Å². The minimum Gasteiger partial charge on any atom is -0.393 e. The van der Waals surface area contributed by atoms with Gasteiger partial charge in [-0.15, -0.1) is 11.5 Å². The molecule has 2 amide bonds. The molecule has 1 unspecified atom stereocenters. The second-order valence-electron chi connectivity index (χ2n) is 4.12. The summed E-state index contributed by atoms with van der Waals surface area (Å²) in [5.74, 6) is 3.12. The van der Waals surface area contributed by atoms with Crippen molar-refractivity contribution < 1.29 is 9.90 Å².